The molecule has 29 heavy (non-hydrogen) atoms. The van der Waals surface area contributed by atoms with E-state index >= 15 is 0 Å². The summed E-state index contributed by atoms with van der Waals surface area (Å²) >= 11 is 5.56. The molecule has 0 radical (unpaired) electrons. The van der Waals surface area contributed by atoms with Gasteiger partial charge in [0.2, 0.25) is 0 Å². The van der Waals surface area contributed by atoms with Crippen molar-refractivity contribution in [3.05, 3.63) is 72.8 Å². The number of phenols is 1. The van der Waals surface area contributed by atoms with Crippen LogP contribution in [0.2, 0.25) is 0 Å². The Kier molecular flexibility index (Phi) is 5.36. The summed E-state index contributed by atoms with van der Waals surface area (Å²) in [7, 11) is 0. The van der Waals surface area contributed by atoms with Crippen LogP contribution in [-0.2, 0) is 0 Å². The number of aromatic hydroxyl groups is 1. The van der Waals surface area contributed by atoms with E-state index in [-0.39, 0.29) is 5.75 Å². The van der Waals surface area contributed by atoms with Crippen molar-refractivity contribution in [1.82, 2.24) is 4.90 Å². The average molecular weight is 402 g/mol. The number of hydrogen-bond donors (Lipinski definition) is 1. The molecule has 0 saturated carbocycles. The third-order valence-corrected chi connectivity index (χ3v) is 5.61. The van der Waals surface area contributed by atoms with E-state index in [4.69, 9.17) is 17.0 Å². The molecule has 0 bridgehead atoms. The summed E-state index contributed by atoms with van der Waals surface area (Å²) in [5.74, 6) is 0.867. The third-order valence-electron chi connectivity index (χ3n) is 5.27. The van der Waals surface area contributed by atoms with E-state index in [0.29, 0.717) is 10.9 Å². The van der Waals surface area contributed by atoms with E-state index in [0.717, 1.165) is 45.8 Å². The summed E-state index contributed by atoms with van der Waals surface area (Å²) in [4.78, 5) is 2.00. The van der Waals surface area contributed by atoms with E-state index in [9.17, 15) is 5.11 Å². The summed E-state index contributed by atoms with van der Waals surface area (Å²) in [6.07, 6.45) is 0. The highest BCUT2D eigenvalue weighted by Crippen LogP contribution is 2.45. The van der Waals surface area contributed by atoms with Gasteiger partial charge in [-0.2, -0.15) is 0 Å². The molecule has 3 nitrogen and oxygen atoms in total. The standard InChI is InChI=1S/C25H23NO2S/c1-3-26(4-2)25(29)28-22-16-14-18-10-6-8-12-20(18)24(22)23-19-11-7-5-9-17(19)13-15-21(23)27/h5-16,27H,3-4H2,1-2H3. The van der Waals surface area contributed by atoms with Crippen molar-refractivity contribution >= 4 is 38.9 Å². The maximum absolute atomic E-state index is 10.9. The topological polar surface area (TPSA) is 32.7 Å². The molecule has 0 aromatic heterocycles. The van der Waals surface area contributed by atoms with Gasteiger partial charge in [0.05, 0.1) is 0 Å². The van der Waals surface area contributed by atoms with Gasteiger partial charge >= 0.3 is 0 Å². The maximum atomic E-state index is 10.9. The van der Waals surface area contributed by atoms with Crippen molar-refractivity contribution in [2.75, 3.05) is 13.1 Å². The van der Waals surface area contributed by atoms with Gasteiger partial charge in [-0.25, -0.2) is 0 Å². The minimum atomic E-state index is 0.221. The molecule has 146 valence electrons. The molecule has 1 N–H and O–H groups in total. The fraction of sp³-hybridized carbons (Fsp3) is 0.160. The Morgan fingerprint density at radius 1 is 0.793 bits per heavy atom. The molecular formula is C25H23NO2S. The number of nitrogens with zero attached hydrogens (tertiary/aromatic N) is 1. The van der Waals surface area contributed by atoms with Crippen LogP contribution in [0.4, 0.5) is 0 Å². The smallest absolute Gasteiger partial charge is 0.264 e. The fourth-order valence-electron chi connectivity index (χ4n) is 3.76. The number of hydrogen-bond acceptors (Lipinski definition) is 3. The Bertz CT molecular complexity index is 1200. The van der Waals surface area contributed by atoms with Gasteiger partial charge in [0, 0.05) is 24.2 Å². The first-order valence-corrected chi connectivity index (χ1v) is 10.2. The molecule has 0 spiro atoms. The van der Waals surface area contributed by atoms with Crippen molar-refractivity contribution in [3.63, 3.8) is 0 Å². The molecule has 4 aromatic carbocycles. The molecular weight excluding hydrogens is 378 g/mol. The second-order valence-electron chi connectivity index (χ2n) is 6.88. The highest BCUT2D eigenvalue weighted by atomic mass is 32.1. The van der Waals surface area contributed by atoms with Crippen LogP contribution in [0.5, 0.6) is 11.5 Å². The number of thiocarbonyl (C=S) groups is 1. The normalized spacial score (nSPS) is 11.0. The van der Waals surface area contributed by atoms with Crippen LogP contribution < -0.4 is 4.74 Å². The van der Waals surface area contributed by atoms with Crippen LogP contribution in [0, 0.1) is 0 Å². The van der Waals surface area contributed by atoms with Crippen molar-refractivity contribution < 1.29 is 9.84 Å². The van der Waals surface area contributed by atoms with Crippen LogP contribution >= 0.6 is 12.2 Å². The predicted molar refractivity (Wildman–Crippen MR) is 125 cm³/mol. The molecule has 0 unspecified atom stereocenters. The third kappa shape index (κ3) is 3.52. The lowest BCUT2D eigenvalue weighted by Crippen LogP contribution is -2.32. The van der Waals surface area contributed by atoms with Gasteiger partial charge in [0.15, 0.2) is 0 Å². The summed E-state index contributed by atoms with van der Waals surface area (Å²) in [6.45, 7) is 5.66. The first-order chi connectivity index (χ1) is 14.1. The van der Waals surface area contributed by atoms with Crippen molar-refractivity contribution in [3.8, 4) is 22.6 Å². The first kappa shape index (κ1) is 19.2. The van der Waals surface area contributed by atoms with E-state index in [1.165, 1.54) is 0 Å². The Hall–Kier alpha value is -3.11. The zero-order valence-electron chi connectivity index (χ0n) is 16.6. The predicted octanol–water partition coefficient (Wildman–Crippen LogP) is 6.37. The van der Waals surface area contributed by atoms with E-state index in [1.807, 2.05) is 59.5 Å². The molecule has 0 aliphatic rings. The van der Waals surface area contributed by atoms with Crippen LogP contribution in [0.15, 0.2) is 72.8 Å². The SMILES string of the molecule is CCN(CC)C(=S)Oc1ccc2ccccc2c1-c1c(O)ccc2ccccc12. The van der Waals surface area contributed by atoms with Gasteiger partial charge in [-0.05, 0) is 59.7 Å². The zero-order valence-corrected chi connectivity index (χ0v) is 17.4. The van der Waals surface area contributed by atoms with Gasteiger partial charge in [-0.1, -0.05) is 60.7 Å². The molecule has 0 amide bonds. The minimum absolute atomic E-state index is 0.221. The van der Waals surface area contributed by atoms with Crippen LogP contribution in [0.1, 0.15) is 13.8 Å². The maximum Gasteiger partial charge on any atom is 0.264 e. The highest BCUT2D eigenvalue weighted by Gasteiger charge is 2.19. The lowest BCUT2D eigenvalue weighted by molar-refractivity contribution is 0.379. The summed E-state index contributed by atoms with van der Waals surface area (Å²) < 4.78 is 6.20. The van der Waals surface area contributed by atoms with E-state index in [1.54, 1.807) is 6.07 Å². The molecule has 0 atom stereocenters. The highest BCUT2D eigenvalue weighted by molar-refractivity contribution is 7.80. The Morgan fingerprint density at radius 2 is 1.34 bits per heavy atom. The molecule has 4 heteroatoms. The molecule has 4 rings (SSSR count). The Balaban J connectivity index is 2.01. The lowest BCUT2D eigenvalue weighted by Gasteiger charge is -2.23. The van der Waals surface area contributed by atoms with Crippen LogP contribution in [0.3, 0.4) is 0 Å². The molecule has 0 heterocycles. The molecule has 0 aliphatic carbocycles. The van der Waals surface area contributed by atoms with Gasteiger partial charge in [0.1, 0.15) is 11.5 Å². The van der Waals surface area contributed by atoms with Gasteiger partial charge in [-0.3, -0.25) is 0 Å². The largest absolute Gasteiger partial charge is 0.507 e. The second kappa shape index (κ2) is 8.10. The van der Waals surface area contributed by atoms with E-state index in [2.05, 4.69) is 26.0 Å². The van der Waals surface area contributed by atoms with Crippen LogP contribution in [0.25, 0.3) is 32.7 Å². The van der Waals surface area contributed by atoms with Gasteiger partial charge in [0.25, 0.3) is 5.17 Å². The summed E-state index contributed by atoms with van der Waals surface area (Å²) in [5.41, 5.74) is 1.61. The molecule has 4 aromatic rings. The van der Waals surface area contributed by atoms with Crippen molar-refractivity contribution in [2.24, 2.45) is 0 Å². The molecule has 0 fully saturated rings. The van der Waals surface area contributed by atoms with Gasteiger partial charge in [-0.15, -0.1) is 0 Å². The molecule has 0 saturated heterocycles. The Labute approximate surface area is 176 Å². The second-order valence-corrected chi connectivity index (χ2v) is 7.23. The number of rotatable bonds is 4. The number of benzene rings is 4. The zero-order chi connectivity index (χ0) is 20.4. The molecule has 0 aliphatic heterocycles. The average Bonchev–Trinajstić information content (AvgIpc) is 2.75. The Morgan fingerprint density at radius 3 is 1.97 bits per heavy atom. The van der Waals surface area contributed by atoms with Crippen LogP contribution in [-0.4, -0.2) is 28.3 Å². The monoisotopic (exact) mass is 401 g/mol. The van der Waals surface area contributed by atoms with Crippen molar-refractivity contribution in [2.45, 2.75) is 13.8 Å². The van der Waals surface area contributed by atoms with E-state index < -0.39 is 0 Å². The van der Waals surface area contributed by atoms with Gasteiger partial charge < -0.3 is 14.7 Å². The summed E-state index contributed by atoms with van der Waals surface area (Å²) in [5, 5.41) is 15.4. The first-order valence-electron chi connectivity index (χ1n) is 9.83. The fourth-order valence-corrected chi connectivity index (χ4v) is 4.11. The summed E-state index contributed by atoms with van der Waals surface area (Å²) in [6, 6.07) is 23.8. The number of phenolic OH excluding ortho intramolecular Hbond substituents is 1. The minimum Gasteiger partial charge on any atom is -0.507 e. The number of ether oxygens (including phenoxy) is 1. The van der Waals surface area contributed by atoms with Crippen molar-refractivity contribution in [1.29, 1.82) is 0 Å². The quantitative estimate of drug-likeness (QED) is 0.403. The lowest BCUT2D eigenvalue weighted by atomic mass is 9.92. The number of fused-ring (bicyclic) bond motifs is 2.